The van der Waals surface area contributed by atoms with E-state index < -0.39 is 23.2 Å². The normalized spacial score (nSPS) is 11.9. The molecule has 2 heterocycles. The van der Waals surface area contributed by atoms with Crippen molar-refractivity contribution >= 4 is 24.2 Å². The molecule has 3 aromatic rings. The standard InChI is InChI=1S/C24H15ClF3N7O3/c1-35(11-18-6-20(23(37)34-33-18)16-2-15(8-30)9-31-10-16)13-32-22(24(26,27)28)21(12-36)38-19-4-14(7-29)3-17(25)5-19/h2-6,9-10,12-13H,11H2,1H3,(H,34,37)/b22-21+,32-13?. The van der Waals surface area contributed by atoms with Crippen molar-refractivity contribution in [2.45, 2.75) is 12.7 Å². The molecule has 0 saturated heterocycles. The number of carbonyl (C=O) groups is 1. The van der Waals surface area contributed by atoms with Crippen molar-refractivity contribution in [2.24, 2.45) is 4.99 Å². The van der Waals surface area contributed by atoms with Crippen LogP contribution in [-0.4, -0.2) is 45.9 Å². The number of allylic oxidation sites excluding steroid dienone is 2. The Balaban J connectivity index is 1.88. The van der Waals surface area contributed by atoms with E-state index in [2.05, 4.69) is 20.2 Å². The van der Waals surface area contributed by atoms with Gasteiger partial charge in [0.15, 0.2) is 17.7 Å². The molecule has 192 valence electrons. The average Bonchev–Trinajstić information content (AvgIpc) is 2.88. The first-order valence-corrected chi connectivity index (χ1v) is 10.8. The Hall–Kier alpha value is -5.01. The summed E-state index contributed by atoms with van der Waals surface area (Å²) in [5, 5.41) is 24.2. The Morgan fingerprint density at radius 3 is 2.58 bits per heavy atom. The fraction of sp³-hybridized carbons (Fsp3) is 0.125. The summed E-state index contributed by atoms with van der Waals surface area (Å²) >= 11 is 5.84. The van der Waals surface area contributed by atoms with E-state index in [0.29, 0.717) is 5.56 Å². The molecule has 1 aromatic carbocycles. The van der Waals surface area contributed by atoms with Gasteiger partial charge in [0.1, 0.15) is 11.8 Å². The maximum Gasteiger partial charge on any atom is 0.437 e. The predicted molar refractivity (Wildman–Crippen MR) is 129 cm³/mol. The maximum atomic E-state index is 13.7. The summed E-state index contributed by atoms with van der Waals surface area (Å²) in [6, 6.07) is 10.0. The number of nitrogens with one attached hydrogen (secondary N) is 1. The largest absolute Gasteiger partial charge is 0.452 e. The van der Waals surface area contributed by atoms with Crippen molar-refractivity contribution in [3.8, 4) is 29.0 Å². The number of rotatable bonds is 8. The summed E-state index contributed by atoms with van der Waals surface area (Å²) in [5.41, 5.74) is -1.20. The molecule has 1 N–H and O–H groups in total. The summed E-state index contributed by atoms with van der Waals surface area (Å²) in [5.74, 6) is -1.41. The van der Waals surface area contributed by atoms with E-state index in [0.717, 1.165) is 18.5 Å². The topological polar surface area (TPSA) is 148 Å². The number of benzene rings is 1. The van der Waals surface area contributed by atoms with Gasteiger partial charge < -0.3 is 9.64 Å². The van der Waals surface area contributed by atoms with Crippen LogP contribution in [0.2, 0.25) is 5.02 Å². The summed E-state index contributed by atoms with van der Waals surface area (Å²) in [6.07, 6.45) is -1.74. The lowest BCUT2D eigenvalue weighted by Crippen LogP contribution is -2.22. The molecule has 0 spiro atoms. The Morgan fingerprint density at radius 2 is 1.92 bits per heavy atom. The molecule has 2 aromatic heterocycles. The number of aliphatic imine (C=N–C) groups is 1. The fourth-order valence-electron chi connectivity index (χ4n) is 3.06. The number of halogens is 4. The minimum Gasteiger partial charge on any atom is -0.452 e. The monoisotopic (exact) mass is 541 g/mol. The summed E-state index contributed by atoms with van der Waals surface area (Å²) in [4.78, 5) is 32.2. The SMILES string of the molecule is CN(C=N/C(=C(\C=O)Oc1cc(Cl)cc(C#N)c1)C(F)(F)F)Cc1cc(-c2cncc(C#N)c2)c(=O)[nH]n1. The van der Waals surface area contributed by atoms with E-state index in [1.54, 1.807) is 6.07 Å². The Kier molecular flexibility index (Phi) is 8.57. The molecule has 0 aliphatic rings. The Labute approximate surface area is 217 Å². The van der Waals surface area contributed by atoms with E-state index in [1.165, 1.54) is 42.5 Å². The van der Waals surface area contributed by atoms with E-state index in [1.807, 2.05) is 6.07 Å². The highest BCUT2D eigenvalue weighted by molar-refractivity contribution is 6.30. The first kappa shape index (κ1) is 27.6. The third kappa shape index (κ3) is 7.02. The zero-order valence-electron chi connectivity index (χ0n) is 19.3. The Bertz CT molecular complexity index is 1570. The van der Waals surface area contributed by atoms with Gasteiger partial charge in [-0.05, 0) is 30.3 Å². The lowest BCUT2D eigenvalue weighted by Gasteiger charge is -2.15. The highest BCUT2D eigenvalue weighted by Gasteiger charge is 2.38. The van der Waals surface area contributed by atoms with Crippen molar-refractivity contribution in [1.29, 1.82) is 10.5 Å². The molecule has 0 fully saturated rings. The zero-order valence-corrected chi connectivity index (χ0v) is 20.1. The number of H-pyrrole nitrogens is 1. The van der Waals surface area contributed by atoms with Gasteiger partial charge in [0.25, 0.3) is 5.56 Å². The molecular formula is C24H15ClF3N7O3. The summed E-state index contributed by atoms with van der Waals surface area (Å²) in [6.45, 7) is -0.0963. The molecule has 0 atom stereocenters. The van der Waals surface area contributed by atoms with Crippen LogP contribution in [0, 0.1) is 22.7 Å². The van der Waals surface area contributed by atoms with E-state index in [4.69, 9.17) is 26.9 Å². The van der Waals surface area contributed by atoms with Crippen molar-refractivity contribution in [1.82, 2.24) is 20.1 Å². The lowest BCUT2D eigenvalue weighted by atomic mass is 10.1. The minimum absolute atomic E-state index is 0.0115. The number of aromatic amines is 1. The number of nitrogens with zero attached hydrogens (tertiary/aromatic N) is 6. The van der Waals surface area contributed by atoms with Crippen molar-refractivity contribution < 1.29 is 22.7 Å². The Morgan fingerprint density at radius 1 is 1.18 bits per heavy atom. The van der Waals surface area contributed by atoms with Gasteiger partial charge in [-0.3, -0.25) is 14.6 Å². The molecule has 0 saturated carbocycles. The van der Waals surface area contributed by atoms with Gasteiger partial charge in [0, 0.05) is 30.0 Å². The van der Waals surface area contributed by atoms with Gasteiger partial charge in [0.2, 0.25) is 0 Å². The van der Waals surface area contributed by atoms with Crippen LogP contribution in [0.4, 0.5) is 13.2 Å². The van der Waals surface area contributed by atoms with E-state index in [9.17, 15) is 22.8 Å². The van der Waals surface area contributed by atoms with Crippen LogP contribution >= 0.6 is 11.6 Å². The number of ether oxygens (including phenoxy) is 1. The number of alkyl halides is 3. The van der Waals surface area contributed by atoms with Crippen LogP contribution in [0.1, 0.15) is 16.8 Å². The van der Waals surface area contributed by atoms with Crippen LogP contribution in [0.5, 0.6) is 5.75 Å². The van der Waals surface area contributed by atoms with Gasteiger partial charge in [0.05, 0.1) is 41.3 Å². The van der Waals surface area contributed by atoms with Crippen LogP contribution in [0.15, 0.2) is 64.0 Å². The molecule has 0 unspecified atom stereocenters. The molecule has 0 aliphatic heterocycles. The summed E-state index contributed by atoms with van der Waals surface area (Å²) < 4.78 is 46.2. The lowest BCUT2D eigenvalue weighted by molar-refractivity contribution is -0.110. The molecule has 3 rings (SSSR count). The van der Waals surface area contributed by atoms with Gasteiger partial charge in [-0.25, -0.2) is 10.1 Å². The molecule has 10 nitrogen and oxygen atoms in total. The second-order valence-corrected chi connectivity index (χ2v) is 7.99. The smallest absolute Gasteiger partial charge is 0.437 e. The van der Waals surface area contributed by atoms with Gasteiger partial charge in [-0.2, -0.15) is 28.8 Å². The molecule has 14 heteroatoms. The van der Waals surface area contributed by atoms with Gasteiger partial charge in [-0.1, -0.05) is 11.6 Å². The predicted octanol–water partition coefficient (Wildman–Crippen LogP) is 3.74. The fourth-order valence-corrected chi connectivity index (χ4v) is 3.29. The first-order chi connectivity index (χ1) is 18.0. The second-order valence-electron chi connectivity index (χ2n) is 7.55. The molecule has 38 heavy (non-hydrogen) atoms. The highest BCUT2D eigenvalue weighted by Crippen LogP contribution is 2.31. The molecule has 0 radical (unpaired) electrons. The third-order valence-electron chi connectivity index (χ3n) is 4.67. The van der Waals surface area contributed by atoms with Crippen molar-refractivity contribution in [3.63, 3.8) is 0 Å². The zero-order chi connectivity index (χ0) is 27.9. The average molecular weight is 542 g/mol. The number of aldehydes is 1. The van der Waals surface area contributed by atoms with E-state index in [-0.39, 0.29) is 46.0 Å². The maximum absolute atomic E-state index is 13.7. The number of carbonyl (C=O) groups excluding carboxylic acids is 1. The van der Waals surface area contributed by atoms with Crippen molar-refractivity contribution in [3.05, 3.63) is 86.4 Å². The molecule has 0 bridgehead atoms. The van der Waals surface area contributed by atoms with Crippen LogP contribution < -0.4 is 10.3 Å². The number of pyridine rings is 1. The van der Waals surface area contributed by atoms with Crippen LogP contribution in [0.25, 0.3) is 11.1 Å². The number of hydrogen-bond donors (Lipinski definition) is 1. The number of aromatic nitrogens is 3. The van der Waals surface area contributed by atoms with Crippen LogP contribution in [0.3, 0.4) is 0 Å². The second kappa shape index (κ2) is 11.8. The quantitative estimate of drug-likeness (QED) is 0.149. The number of nitriles is 2. The van der Waals surface area contributed by atoms with E-state index >= 15 is 0 Å². The first-order valence-electron chi connectivity index (χ1n) is 10.4. The molecule has 0 aliphatic carbocycles. The van der Waals surface area contributed by atoms with Gasteiger partial charge >= 0.3 is 6.18 Å². The van der Waals surface area contributed by atoms with Crippen LogP contribution in [-0.2, 0) is 11.3 Å². The van der Waals surface area contributed by atoms with Crippen molar-refractivity contribution in [2.75, 3.05) is 7.05 Å². The molecular weight excluding hydrogens is 527 g/mol. The third-order valence-corrected chi connectivity index (χ3v) is 4.89. The minimum atomic E-state index is -5.08. The summed E-state index contributed by atoms with van der Waals surface area (Å²) in [7, 11) is 1.39. The number of hydrogen-bond acceptors (Lipinski definition) is 8. The highest BCUT2D eigenvalue weighted by atomic mass is 35.5. The molecule has 0 amide bonds. The van der Waals surface area contributed by atoms with Gasteiger partial charge in [-0.15, -0.1) is 0 Å².